The maximum absolute atomic E-state index is 5.27. The first-order chi connectivity index (χ1) is 9.78. The largest absolute Gasteiger partial charge is 0.497 e. The van der Waals surface area contributed by atoms with Crippen LogP contribution in [0.25, 0.3) is 0 Å². The predicted molar refractivity (Wildman–Crippen MR) is 83.0 cm³/mol. The topological polar surface area (TPSA) is 21.3 Å². The zero-order valence-corrected chi connectivity index (χ0v) is 12.8. The quantitative estimate of drug-likeness (QED) is 0.833. The summed E-state index contributed by atoms with van der Waals surface area (Å²) in [6.07, 6.45) is 8.42. The normalized spacial score (nSPS) is 22.7. The van der Waals surface area contributed by atoms with Crippen LogP contribution < -0.4 is 10.1 Å². The molecule has 2 saturated carbocycles. The molecule has 0 aromatic heterocycles. The van der Waals surface area contributed by atoms with Gasteiger partial charge in [0.1, 0.15) is 5.75 Å². The number of rotatable bonds is 6. The Balaban J connectivity index is 1.68. The third kappa shape index (κ3) is 3.17. The van der Waals surface area contributed by atoms with E-state index < -0.39 is 0 Å². The van der Waals surface area contributed by atoms with Gasteiger partial charge in [0.2, 0.25) is 0 Å². The van der Waals surface area contributed by atoms with Crippen LogP contribution in [0.1, 0.15) is 57.1 Å². The molecule has 2 aliphatic carbocycles. The first-order valence-corrected chi connectivity index (χ1v) is 8.18. The monoisotopic (exact) mass is 273 g/mol. The Morgan fingerprint density at radius 2 is 1.65 bits per heavy atom. The first kappa shape index (κ1) is 13.9. The molecule has 0 amide bonds. The van der Waals surface area contributed by atoms with Gasteiger partial charge in [-0.25, -0.2) is 0 Å². The molecule has 2 aliphatic rings. The van der Waals surface area contributed by atoms with E-state index in [-0.39, 0.29) is 0 Å². The zero-order valence-electron chi connectivity index (χ0n) is 12.8. The zero-order chi connectivity index (χ0) is 13.9. The van der Waals surface area contributed by atoms with Gasteiger partial charge >= 0.3 is 0 Å². The van der Waals surface area contributed by atoms with Gasteiger partial charge in [-0.15, -0.1) is 0 Å². The van der Waals surface area contributed by atoms with Crippen LogP contribution in [0, 0.1) is 11.8 Å². The van der Waals surface area contributed by atoms with Crippen LogP contribution in [0.5, 0.6) is 5.75 Å². The van der Waals surface area contributed by atoms with Gasteiger partial charge in [-0.05, 0) is 62.1 Å². The van der Waals surface area contributed by atoms with E-state index >= 15 is 0 Å². The molecule has 0 spiro atoms. The van der Waals surface area contributed by atoms with Crippen LogP contribution in [-0.2, 0) is 0 Å². The second-order valence-electron chi connectivity index (χ2n) is 6.59. The SMILES string of the molecule is COc1ccc(C(NC(C)C2CCCC2)C2CC2)cc1. The summed E-state index contributed by atoms with van der Waals surface area (Å²) in [5.74, 6) is 2.67. The van der Waals surface area contributed by atoms with E-state index in [1.165, 1.54) is 44.1 Å². The number of hydrogen-bond acceptors (Lipinski definition) is 2. The van der Waals surface area contributed by atoms with Crippen LogP contribution in [0.4, 0.5) is 0 Å². The van der Waals surface area contributed by atoms with Crippen LogP contribution >= 0.6 is 0 Å². The third-order valence-electron chi connectivity index (χ3n) is 5.12. The molecular formula is C18H27NO. The van der Waals surface area contributed by atoms with Crippen molar-refractivity contribution in [3.05, 3.63) is 29.8 Å². The minimum atomic E-state index is 0.538. The molecule has 2 nitrogen and oxygen atoms in total. The second kappa shape index (κ2) is 6.17. The van der Waals surface area contributed by atoms with Gasteiger partial charge in [-0.3, -0.25) is 0 Å². The Morgan fingerprint density at radius 1 is 1.00 bits per heavy atom. The molecular weight excluding hydrogens is 246 g/mol. The average molecular weight is 273 g/mol. The molecule has 3 rings (SSSR count). The van der Waals surface area contributed by atoms with Crippen molar-refractivity contribution in [1.82, 2.24) is 5.32 Å². The molecule has 1 aromatic carbocycles. The Bertz CT molecular complexity index is 418. The van der Waals surface area contributed by atoms with Crippen molar-refractivity contribution in [2.45, 2.75) is 57.5 Å². The molecule has 2 heteroatoms. The highest BCUT2D eigenvalue weighted by Crippen LogP contribution is 2.42. The second-order valence-corrected chi connectivity index (χ2v) is 6.59. The lowest BCUT2D eigenvalue weighted by molar-refractivity contribution is 0.326. The van der Waals surface area contributed by atoms with E-state index in [1.54, 1.807) is 7.11 Å². The van der Waals surface area contributed by atoms with E-state index in [9.17, 15) is 0 Å². The van der Waals surface area contributed by atoms with Gasteiger partial charge in [0.15, 0.2) is 0 Å². The summed E-state index contributed by atoms with van der Waals surface area (Å²) >= 11 is 0. The average Bonchev–Trinajstić information content (AvgIpc) is 3.17. The van der Waals surface area contributed by atoms with Crippen molar-refractivity contribution < 1.29 is 4.74 Å². The number of nitrogens with one attached hydrogen (secondary N) is 1. The molecule has 110 valence electrons. The lowest BCUT2D eigenvalue weighted by atomic mass is 9.95. The standard InChI is InChI=1S/C18H27NO/c1-13(14-5-3-4-6-14)19-18(15-7-8-15)16-9-11-17(20-2)12-10-16/h9-15,18-19H,3-8H2,1-2H3. The van der Waals surface area contributed by atoms with E-state index in [0.717, 1.165) is 17.6 Å². The van der Waals surface area contributed by atoms with E-state index in [0.29, 0.717) is 12.1 Å². The molecule has 0 saturated heterocycles. The Morgan fingerprint density at radius 3 is 2.20 bits per heavy atom. The summed E-state index contributed by atoms with van der Waals surface area (Å²) in [7, 11) is 1.73. The Kier molecular flexibility index (Phi) is 4.30. The summed E-state index contributed by atoms with van der Waals surface area (Å²) in [4.78, 5) is 0. The van der Waals surface area contributed by atoms with Gasteiger partial charge < -0.3 is 10.1 Å². The van der Waals surface area contributed by atoms with Crippen LogP contribution in [0.3, 0.4) is 0 Å². The Hall–Kier alpha value is -1.02. The molecule has 0 heterocycles. The van der Waals surface area contributed by atoms with E-state index in [2.05, 4.69) is 36.5 Å². The molecule has 20 heavy (non-hydrogen) atoms. The summed E-state index contributed by atoms with van der Waals surface area (Å²) in [6, 6.07) is 9.83. The van der Waals surface area contributed by atoms with Gasteiger partial charge in [0.25, 0.3) is 0 Å². The minimum absolute atomic E-state index is 0.538. The van der Waals surface area contributed by atoms with Crippen molar-refractivity contribution in [3.8, 4) is 5.75 Å². The van der Waals surface area contributed by atoms with Gasteiger partial charge in [-0.1, -0.05) is 25.0 Å². The summed E-state index contributed by atoms with van der Waals surface area (Å²) in [5, 5.41) is 3.93. The van der Waals surface area contributed by atoms with Gasteiger partial charge in [0.05, 0.1) is 7.11 Å². The fourth-order valence-electron chi connectivity index (χ4n) is 3.62. The number of benzene rings is 1. The van der Waals surface area contributed by atoms with Crippen LogP contribution in [0.15, 0.2) is 24.3 Å². The molecule has 1 N–H and O–H groups in total. The first-order valence-electron chi connectivity index (χ1n) is 8.18. The molecule has 0 aliphatic heterocycles. The maximum Gasteiger partial charge on any atom is 0.118 e. The van der Waals surface area contributed by atoms with Crippen LogP contribution in [-0.4, -0.2) is 13.2 Å². The van der Waals surface area contributed by atoms with Crippen LogP contribution in [0.2, 0.25) is 0 Å². The molecule has 2 unspecified atom stereocenters. The molecule has 0 bridgehead atoms. The highest BCUT2D eigenvalue weighted by Gasteiger charge is 2.34. The predicted octanol–water partition coefficient (Wildman–Crippen LogP) is 4.31. The molecule has 2 atom stereocenters. The summed E-state index contributed by atoms with van der Waals surface area (Å²) in [5.41, 5.74) is 1.43. The van der Waals surface area contributed by atoms with Crippen molar-refractivity contribution in [2.75, 3.05) is 7.11 Å². The highest BCUT2D eigenvalue weighted by atomic mass is 16.5. The number of methoxy groups -OCH3 is 1. The van der Waals surface area contributed by atoms with Crippen molar-refractivity contribution in [1.29, 1.82) is 0 Å². The van der Waals surface area contributed by atoms with E-state index in [1.807, 2.05) is 0 Å². The van der Waals surface area contributed by atoms with Crippen molar-refractivity contribution in [3.63, 3.8) is 0 Å². The van der Waals surface area contributed by atoms with Crippen molar-refractivity contribution in [2.24, 2.45) is 11.8 Å². The summed E-state index contributed by atoms with van der Waals surface area (Å²) in [6.45, 7) is 2.38. The lowest BCUT2D eigenvalue weighted by Gasteiger charge is -2.27. The van der Waals surface area contributed by atoms with Crippen molar-refractivity contribution >= 4 is 0 Å². The minimum Gasteiger partial charge on any atom is -0.497 e. The molecule has 1 aromatic rings. The Labute approximate surface area is 122 Å². The third-order valence-corrected chi connectivity index (χ3v) is 5.12. The summed E-state index contributed by atoms with van der Waals surface area (Å²) < 4.78 is 5.27. The fraction of sp³-hybridized carbons (Fsp3) is 0.667. The molecule has 2 fully saturated rings. The number of hydrogen-bond donors (Lipinski definition) is 1. The molecule has 0 radical (unpaired) electrons. The lowest BCUT2D eigenvalue weighted by Crippen LogP contribution is -2.36. The maximum atomic E-state index is 5.27. The van der Waals surface area contributed by atoms with Gasteiger partial charge in [-0.2, -0.15) is 0 Å². The van der Waals surface area contributed by atoms with Gasteiger partial charge in [0, 0.05) is 12.1 Å². The number of ether oxygens (including phenoxy) is 1. The highest BCUT2D eigenvalue weighted by molar-refractivity contribution is 5.30. The smallest absolute Gasteiger partial charge is 0.118 e. The van der Waals surface area contributed by atoms with E-state index in [4.69, 9.17) is 4.74 Å². The fourth-order valence-corrected chi connectivity index (χ4v) is 3.62.